The second-order valence-electron chi connectivity index (χ2n) is 11.6. The molecule has 0 bridgehead atoms. The summed E-state index contributed by atoms with van der Waals surface area (Å²) in [7, 11) is 0. The number of carbonyl (C=O) groups is 2. The number of nitrogens with one attached hydrogen (secondary N) is 2. The molecule has 2 N–H and O–H groups in total. The van der Waals surface area contributed by atoms with Gasteiger partial charge in [-0.3, -0.25) is 9.59 Å². The third kappa shape index (κ3) is 17.4. The number of ether oxygens (including phenoxy) is 1. The first-order chi connectivity index (χ1) is 19.2. The van der Waals surface area contributed by atoms with Gasteiger partial charge in [-0.25, -0.2) is 0 Å². The van der Waals surface area contributed by atoms with E-state index >= 15 is 0 Å². The maximum absolute atomic E-state index is 12.3. The third-order valence-corrected chi connectivity index (χ3v) is 7.95. The molecule has 5 heteroatoms. The number of hydrogen-bond donors (Lipinski definition) is 2. The topological polar surface area (TPSA) is 67.4 Å². The first-order valence-electron chi connectivity index (χ1n) is 16.5. The van der Waals surface area contributed by atoms with E-state index in [1.54, 1.807) is 24.3 Å². The number of rotatable bonds is 24. The second kappa shape index (κ2) is 22.9. The minimum Gasteiger partial charge on any atom is -0.376 e. The van der Waals surface area contributed by atoms with E-state index in [4.69, 9.17) is 4.74 Å². The molecule has 39 heavy (non-hydrogen) atoms. The molecule has 222 valence electrons. The number of unbranched alkanes of at least 4 members (excludes halogenated alkanes) is 18. The molecule has 2 amide bonds. The Kier molecular flexibility index (Phi) is 19.6. The van der Waals surface area contributed by atoms with Crippen molar-refractivity contribution >= 4 is 17.5 Å². The van der Waals surface area contributed by atoms with Gasteiger partial charge in [-0.15, -0.1) is 0 Å². The third-order valence-electron chi connectivity index (χ3n) is 7.95. The smallest absolute Gasteiger partial charge is 0.251 e. The molecule has 0 aliphatic carbocycles. The Morgan fingerprint density at radius 2 is 1.21 bits per heavy atom. The average molecular weight is 543 g/mol. The molecule has 0 radical (unpaired) electrons. The second-order valence-corrected chi connectivity index (χ2v) is 11.6. The van der Waals surface area contributed by atoms with Crippen LogP contribution in [0.2, 0.25) is 0 Å². The van der Waals surface area contributed by atoms with Gasteiger partial charge in [0, 0.05) is 30.8 Å². The van der Waals surface area contributed by atoms with E-state index in [-0.39, 0.29) is 17.9 Å². The summed E-state index contributed by atoms with van der Waals surface area (Å²) in [6, 6.07) is 7.13. The Balaban J connectivity index is 1.34. The van der Waals surface area contributed by atoms with Crippen molar-refractivity contribution in [1.82, 2.24) is 5.32 Å². The number of anilines is 1. The Morgan fingerprint density at radius 3 is 1.67 bits per heavy atom. The molecule has 1 atom stereocenters. The summed E-state index contributed by atoms with van der Waals surface area (Å²) in [5, 5.41) is 5.88. The average Bonchev–Trinajstić information content (AvgIpc) is 3.47. The van der Waals surface area contributed by atoms with Crippen LogP contribution in [0.5, 0.6) is 0 Å². The van der Waals surface area contributed by atoms with Gasteiger partial charge in [0.1, 0.15) is 0 Å². The standard InChI is InChI=1S/C34H58N2O3/c1-2-3-4-5-6-7-8-9-10-11-12-13-14-15-16-17-18-19-20-23-33(37)36-31-26-24-30(25-27-31)34(38)35-29-32-22-21-28-39-32/h24-27,32H,2-23,28-29H2,1H3,(H,35,38)(H,36,37). The highest BCUT2D eigenvalue weighted by Gasteiger charge is 2.16. The lowest BCUT2D eigenvalue weighted by atomic mass is 10.0. The van der Waals surface area contributed by atoms with Crippen LogP contribution in [-0.4, -0.2) is 31.1 Å². The summed E-state index contributed by atoms with van der Waals surface area (Å²) < 4.78 is 5.54. The van der Waals surface area contributed by atoms with E-state index in [0.717, 1.165) is 38.0 Å². The summed E-state index contributed by atoms with van der Waals surface area (Å²) in [6.45, 7) is 3.62. The summed E-state index contributed by atoms with van der Waals surface area (Å²) in [6.07, 6.45) is 28.5. The largest absolute Gasteiger partial charge is 0.376 e. The van der Waals surface area contributed by atoms with Gasteiger partial charge in [-0.05, 0) is 43.5 Å². The monoisotopic (exact) mass is 542 g/mol. The molecule has 1 fully saturated rings. The Labute approximate surface area is 239 Å². The van der Waals surface area contributed by atoms with Crippen LogP contribution in [-0.2, 0) is 9.53 Å². The SMILES string of the molecule is CCCCCCCCCCCCCCCCCCCCCC(=O)Nc1ccc(C(=O)NCC2CCCO2)cc1. The molecule has 1 unspecified atom stereocenters. The van der Waals surface area contributed by atoms with E-state index in [1.165, 1.54) is 109 Å². The molecule has 0 saturated carbocycles. The molecule has 0 spiro atoms. The van der Waals surface area contributed by atoms with Gasteiger partial charge in [0.2, 0.25) is 5.91 Å². The molecule has 1 aromatic carbocycles. The van der Waals surface area contributed by atoms with Gasteiger partial charge in [-0.1, -0.05) is 122 Å². The van der Waals surface area contributed by atoms with Crippen LogP contribution in [0, 0.1) is 0 Å². The number of carbonyl (C=O) groups excluding carboxylic acids is 2. The molecular weight excluding hydrogens is 484 g/mol. The number of benzene rings is 1. The Bertz CT molecular complexity index is 743. The fraction of sp³-hybridized carbons (Fsp3) is 0.765. The highest BCUT2D eigenvalue weighted by Crippen LogP contribution is 2.16. The lowest BCUT2D eigenvalue weighted by Crippen LogP contribution is -2.31. The van der Waals surface area contributed by atoms with Gasteiger partial charge < -0.3 is 15.4 Å². The summed E-state index contributed by atoms with van der Waals surface area (Å²) in [5.41, 5.74) is 1.35. The summed E-state index contributed by atoms with van der Waals surface area (Å²) in [4.78, 5) is 24.5. The van der Waals surface area contributed by atoms with Gasteiger partial charge in [0.05, 0.1) is 6.10 Å². The van der Waals surface area contributed by atoms with Crippen molar-refractivity contribution in [3.05, 3.63) is 29.8 Å². The van der Waals surface area contributed by atoms with E-state index in [2.05, 4.69) is 17.6 Å². The van der Waals surface area contributed by atoms with E-state index in [1.807, 2.05) is 0 Å². The zero-order valence-electron chi connectivity index (χ0n) is 25.1. The fourth-order valence-corrected chi connectivity index (χ4v) is 5.41. The normalized spacial score (nSPS) is 14.9. The first-order valence-corrected chi connectivity index (χ1v) is 16.5. The summed E-state index contributed by atoms with van der Waals surface area (Å²) in [5.74, 6) is -0.0463. The quantitative estimate of drug-likeness (QED) is 0.128. The van der Waals surface area contributed by atoms with Crippen molar-refractivity contribution < 1.29 is 14.3 Å². The van der Waals surface area contributed by atoms with Crippen LogP contribution in [0.4, 0.5) is 5.69 Å². The van der Waals surface area contributed by atoms with E-state index in [0.29, 0.717) is 18.5 Å². The van der Waals surface area contributed by atoms with Crippen LogP contribution in [0.3, 0.4) is 0 Å². The minimum atomic E-state index is -0.0996. The zero-order chi connectivity index (χ0) is 27.8. The zero-order valence-corrected chi connectivity index (χ0v) is 25.1. The van der Waals surface area contributed by atoms with Crippen molar-refractivity contribution in [2.24, 2.45) is 0 Å². The van der Waals surface area contributed by atoms with Gasteiger partial charge in [0.25, 0.3) is 5.91 Å². The summed E-state index contributed by atoms with van der Waals surface area (Å²) >= 11 is 0. The van der Waals surface area contributed by atoms with Gasteiger partial charge >= 0.3 is 0 Å². The lowest BCUT2D eigenvalue weighted by Gasteiger charge is -2.11. The van der Waals surface area contributed by atoms with Crippen LogP contribution in [0.25, 0.3) is 0 Å². The van der Waals surface area contributed by atoms with Crippen molar-refractivity contribution in [3.63, 3.8) is 0 Å². The van der Waals surface area contributed by atoms with Crippen molar-refractivity contribution in [2.45, 2.75) is 154 Å². The highest BCUT2D eigenvalue weighted by molar-refractivity contribution is 5.95. The van der Waals surface area contributed by atoms with E-state index < -0.39 is 0 Å². The molecule has 1 saturated heterocycles. The molecule has 2 rings (SSSR count). The predicted octanol–water partition coefficient (Wildman–Crippen LogP) is 9.36. The molecule has 1 aromatic rings. The van der Waals surface area contributed by atoms with E-state index in [9.17, 15) is 9.59 Å². The molecule has 1 aliphatic heterocycles. The van der Waals surface area contributed by atoms with Crippen molar-refractivity contribution in [3.8, 4) is 0 Å². The predicted molar refractivity (Wildman–Crippen MR) is 164 cm³/mol. The van der Waals surface area contributed by atoms with Crippen LogP contribution in [0.1, 0.15) is 159 Å². The van der Waals surface area contributed by atoms with Crippen molar-refractivity contribution in [1.29, 1.82) is 0 Å². The molecule has 1 aliphatic rings. The fourth-order valence-electron chi connectivity index (χ4n) is 5.41. The first kappa shape index (κ1) is 33.3. The number of hydrogen-bond acceptors (Lipinski definition) is 3. The Hall–Kier alpha value is -1.88. The molecule has 1 heterocycles. The van der Waals surface area contributed by atoms with Crippen LogP contribution >= 0.6 is 0 Å². The molecular formula is C34H58N2O3. The van der Waals surface area contributed by atoms with Gasteiger partial charge in [0.15, 0.2) is 0 Å². The number of amides is 2. The highest BCUT2D eigenvalue weighted by atomic mass is 16.5. The van der Waals surface area contributed by atoms with Crippen LogP contribution in [0.15, 0.2) is 24.3 Å². The van der Waals surface area contributed by atoms with Crippen molar-refractivity contribution in [2.75, 3.05) is 18.5 Å². The lowest BCUT2D eigenvalue weighted by molar-refractivity contribution is -0.116. The maximum Gasteiger partial charge on any atom is 0.251 e. The minimum absolute atomic E-state index is 0.0533. The van der Waals surface area contributed by atoms with Crippen LogP contribution < -0.4 is 10.6 Å². The molecule has 5 nitrogen and oxygen atoms in total. The Morgan fingerprint density at radius 1 is 0.718 bits per heavy atom. The maximum atomic E-state index is 12.3. The van der Waals surface area contributed by atoms with Gasteiger partial charge in [-0.2, -0.15) is 0 Å². The molecule has 0 aromatic heterocycles.